The molecule has 0 aromatic rings. The molecular weight excluding hydrogens is 138 g/mol. The van der Waals surface area contributed by atoms with Crippen molar-refractivity contribution in [2.24, 2.45) is 11.7 Å². The van der Waals surface area contributed by atoms with Gasteiger partial charge in [0.1, 0.15) is 0 Å². The Kier molecular flexibility index (Phi) is 6.57. The van der Waals surface area contributed by atoms with Crippen LogP contribution < -0.4 is 5.73 Å². The minimum atomic E-state index is 0.00200. The molecule has 0 aliphatic heterocycles. The molecule has 0 saturated heterocycles. The number of hydrogen-bond donors (Lipinski definition) is 2. The highest BCUT2D eigenvalue weighted by molar-refractivity contribution is 4.58. The van der Waals surface area contributed by atoms with E-state index in [0.717, 1.165) is 18.8 Å². The van der Waals surface area contributed by atoms with Gasteiger partial charge in [0.2, 0.25) is 0 Å². The van der Waals surface area contributed by atoms with Crippen molar-refractivity contribution >= 4 is 0 Å². The molecule has 0 spiro atoms. The molecule has 0 heterocycles. The molecule has 0 bridgehead atoms. The van der Waals surface area contributed by atoms with Gasteiger partial charge in [0, 0.05) is 6.04 Å². The maximum Gasteiger partial charge on any atom is 0.0582 e. The summed E-state index contributed by atoms with van der Waals surface area (Å²) < 4.78 is 0. The van der Waals surface area contributed by atoms with Crippen molar-refractivity contribution in [3.05, 3.63) is 0 Å². The maximum atomic E-state index is 8.62. The van der Waals surface area contributed by atoms with Crippen LogP contribution in [0.2, 0.25) is 0 Å². The van der Waals surface area contributed by atoms with E-state index in [1.165, 1.54) is 12.8 Å². The molecule has 11 heavy (non-hydrogen) atoms. The molecule has 68 valence electrons. The van der Waals surface area contributed by atoms with E-state index in [4.69, 9.17) is 10.8 Å². The normalized spacial score (nSPS) is 13.9. The van der Waals surface area contributed by atoms with Gasteiger partial charge >= 0.3 is 0 Å². The van der Waals surface area contributed by atoms with Crippen molar-refractivity contribution in [3.8, 4) is 0 Å². The standard InChI is InChI=1S/C9H21NO/c1-8(2)5-3-4-6-9(10)7-11/h8-9,11H,3-7,10H2,1-2H3. The van der Waals surface area contributed by atoms with Gasteiger partial charge in [-0.3, -0.25) is 0 Å². The quantitative estimate of drug-likeness (QED) is 0.577. The van der Waals surface area contributed by atoms with E-state index in [0.29, 0.717) is 0 Å². The van der Waals surface area contributed by atoms with Gasteiger partial charge in [-0.25, -0.2) is 0 Å². The van der Waals surface area contributed by atoms with Crippen LogP contribution in [0.1, 0.15) is 39.5 Å². The molecule has 1 unspecified atom stereocenters. The van der Waals surface area contributed by atoms with Gasteiger partial charge < -0.3 is 10.8 Å². The molecule has 0 radical (unpaired) electrons. The molecule has 0 aromatic carbocycles. The van der Waals surface area contributed by atoms with Gasteiger partial charge in [-0.2, -0.15) is 0 Å². The zero-order valence-electron chi connectivity index (χ0n) is 7.71. The number of nitrogens with two attached hydrogens (primary N) is 1. The molecule has 2 heteroatoms. The van der Waals surface area contributed by atoms with Gasteiger partial charge in [-0.1, -0.05) is 33.1 Å². The average Bonchev–Trinajstić information content (AvgIpc) is 1.97. The van der Waals surface area contributed by atoms with Crippen LogP contribution in [0.15, 0.2) is 0 Å². The summed E-state index contributed by atoms with van der Waals surface area (Å²) in [7, 11) is 0. The summed E-state index contributed by atoms with van der Waals surface area (Å²) >= 11 is 0. The Morgan fingerprint density at radius 2 is 1.73 bits per heavy atom. The SMILES string of the molecule is CC(C)CCCCC(N)CO. The first-order valence-electron chi connectivity index (χ1n) is 4.53. The highest BCUT2D eigenvalue weighted by Gasteiger charge is 1.99. The van der Waals surface area contributed by atoms with Crippen LogP contribution >= 0.6 is 0 Å². The fourth-order valence-electron chi connectivity index (χ4n) is 1.05. The topological polar surface area (TPSA) is 46.2 Å². The molecule has 0 fully saturated rings. The molecule has 0 saturated carbocycles. The Morgan fingerprint density at radius 1 is 1.18 bits per heavy atom. The monoisotopic (exact) mass is 159 g/mol. The second kappa shape index (κ2) is 6.62. The summed E-state index contributed by atoms with van der Waals surface area (Å²) in [6.07, 6.45) is 4.63. The van der Waals surface area contributed by atoms with Crippen molar-refractivity contribution in [3.63, 3.8) is 0 Å². The summed E-state index contributed by atoms with van der Waals surface area (Å²) in [5.41, 5.74) is 5.54. The largest absolute Gasteiger partial charge is 0.395 e. The Balaban J connectivity index is 3.01. The van der Waals surface area contributed by atoms with Crippen molar-refractivity contribution in [2.75, 3.05) is 6.61 Å². The van der Waals surface area contributed by atoms with E-state index in [1.54, 1.807) is 0 Å². The summed E-state index contributed by atoms with van der Waals surface area (Å²) in [6.45, 7) is 4.58. The van der Waals surface area contributed by atoms with Crippen molar-refractivity contribution in [1.82, 2.24) is 0 Å². The first-order chi connectivity index (χ1) is 5.16. The Bertz CT molecular complexity index is 83.6. The summed E-state index contributed by atoms with van der Waals surface area (Å²) in [5.74, 6) is 0.792. The van der Waals surface area contributed by atoms with E-state index < -0.39 is 0 Å². The Labute approximate surface area is 69.8 Å². The van der Waals surface area contributed by atoms with Crippen LogP contribution in [0, 0.1) is 5.92 Å². The minimum Gasteiger partial charge on any atom is -0.395 e. The lowest BCUT2D eigenvalue weighted by atomic mass is 10.0. The van der Waals surface area contributed by atoms with E-state index in [9.17, 15) is 0 Å². The van der Waals surface area contributed by atoms with Crippen molar-refractivity contribution in [2.45, 2.75) is 45.6 Å². The van der Waals surface area contributed by atoms with Gasteiger partial charge in [-0.05, 0) is 12.3 Å². The lowest BCUT2D eigenvalue weighted by Crippen LogP contribution is -2.23. The highest BCUT2D eigenvalue weighted by atomic mass is 16.3. The van der Waals surface area contributed by atoms with Crippen LogP contribution in [0.3, 0.4) is 0 Å². The second-order valence-electron chi connectivity index (χ2n) is 3.62. The second-order valence-corrected chi connectivity index (χ2v) is 3.62. The fraction of sp³-hybridized carbons (Fsp3) is 1.00. The van der Waals surface area contributed by atoms with E-state index in [2.05, 4.69) is 13.8 Å². The van der Waals surface area contributed by atoms with Gasteiger partial charge in [-0.15, -0.1) is 0 Å². The number of hydrogen-bond acceptors (Lipinski definition) is 2. The predicted molar refractivity (Wildman–Crippen MR) is 48.4 cm³/mol. The summed E-state index contributed by atoms with van der Waals surface area (Å²) in [5, 5.41) is 8.62. The van der Waals surface area contributed by atoms with E-state index >= 15 is 0 Å². The number of aliphatic hydroxyl groups excluding tert-OH is 1. The number of aliphatic hydroxyl groups is 1. The molecular formula is C9H21NO. The minimum absolute atomic E-state index is 0.00200. The Hall–Kier alpha value is -0.0800. The zero-order chi connectivity index (χ0) is 8.69. The maximum absolute atomic E-state index is 8.62. The molecule has 0 aliphatic rings. The molecule has 0 aromatic heterocycles. The average molecular weight is 159 g/mol. The van der Waals surface area contributed by atoms with E-state index in [1.807, 2.05) is 0 Å². The van der Waals surface area contributed by atoms with Gasteiger partial charge in [0.15, 0.2) is 0 Å². The number of unbranched alkanes of at least 4 members (excludes halogenated alkanes) is 1. The van der Waals surface area contributed by atoms with E-state index in [-0.39, 0.29) is 12.6 Å². The predicted octanol–water partition coefficient (Wildman–Crippen LogP) is 1.52. The first kappa shape index (κ1) is 10.9. The molecule has 0 aliphatic carbocycles. The zero-order valence-corrected chi connectivity index (χ0v) is 7.71. The van der Waals surface area contributed by atoms with Crippen LogP contribution in [0.4, 0.5) is 0 Å². The van der Waals surface area contributed by atoms with Gasteiger partial charge in [0.05, 0.1) is 6.61 Å². The summed E-state index contributed by atoms with van der Waals surface area (Å²) in [6, 6.07) is 0.00200. The third-order valence-corrected chi connectivity index (χ3v) is 1.84. The molecule has 2 nitrogen and oxygen atoms in total. The van der Waals surface area contributed by atoms with Crippen LogP contribution in [0.25, 0.3) is 0 Å². The van der Waals surface area contributed by atoms with Crippen molar-refractivity contribution in [1.29, 1.82) is 0 Å². The fourth-order valence-corrected chi connectivity index (χ4v) is 1.05. The van der Waals surface area contributed by atoms with Gasteiger partial charge in [0.25, 0.3) is 0 Å². The highest BCUT2D eigenvalue weighted by Crippen LogP contribution is 2.08. The van der Waals surface area contributed by atoms with Crippen LogP contribution in [-0.2, 0) is 0 Å². The number of rotatable bonds is 6. The lowest BCUT2D eigenvalue weighted by molar-refractivity contribution is 0.257. The van der Waals surface area contributed by atoms with Crippen LogP contribution in [0.5, 0.6) is 0 Å². The summed E-state index contributed by atoms with van der Waals surface area (Å²) in [4.78, 5) is 0. The smallest absolute Gasteiger partial charge is 0.0582 e. The lowest BCUT2D eigenvalue weighted by Gasteiger charge is -2.08. The Morgan fingerprint density at radius 3 is 2.18 bits per heavy atom. The molecule has 0 rings (SSSR count). The first-order valence-corrected chi connectivity index (χ1v) is 4.53. The van der Waals surface area contributed by atoms with Crippen LogP contribution in [-0.4, -0.2) is 17.8 Å². The molecule has 0 amide bonds. The molecule has 3 N–H and O–H groups in total. The third-order valence-electron chi connectivity index (χ3n) is 1.84. The third kappa shape index (κ3) is 7.82. The molecule has 1 atom stereocenters. The van der Waals surface area contributed by atoms with Crippen molar-refractivity contribution < 1.29 is 5.11 Å².